The quantitative estimate of drug-likeness (QED) is 0.711. The SMILES string of the molecule is COc1ccc(C(O)N2CCc3sccc3C2c2ccc(OC)cc2)cc1. The normalized spacial score (nSPS) is 18.0. The van der Waals surface area contributed by atoms with E-state index in [0.29, 0.717) is 0 Å². The Balaban J connectivity index is 1.70. The summed E-state index contributed by atoms with van der Waals surface area (Å²) in [7, 11) is 3.32. The number of methoxy groups -OCH3 is 2. The number of thiophene rings is 1. The molecule has 1 aliphatic heterocycles. The molecule has 1 aromatic heterocycles. The number of benzene rings is 2. The minimum Gasteiger partial charge on any atom is -0.497 e. The summed E-state index contributed by atoms with van der Waals surface area (Å²) in [6.45, 7) is 0.803. The monoisotopic (exact) mass is 381 g/mol. The molecule has 1 aliphatic rings. The van der Waals surface area contributed by atoms with Gasteiger partial charge in [0.2, 0.25) is 0 Å². The predicted octanol–water partition coefficient (Wildman–Crippen LogP) is 4.40. The molecule has 3 aromatic rings. The van der Waals surface area contributed by atoms with E-state index in [1.54, 1.807) is 25.6 Å². The highest BCUT2D eigenvalue weighted by atomic mass is 32.1. The first-order valence-electron chi connectivity index (χ1n) is 8.99. The Kier molecular flexibility index (Phi) is 5.16. The van der Waals surface area contributed by atoms with Crippen LogP contribution >= 0.6 is 11.3 Å². The molecule has 0 aliphatic carbocycles. The summed E-state index contributed by atoms with van der Waals surface area (Å²) in [4.78, 5) is 3.56. The number of ether oxygens (including phenoxy) is 2. The number of nitrogens with zero attached hydrogens (tertiary/aromatic N) is 1. The fourth-order valence-corrected chi connectivity index (χ4v) is 4.63. The third kappa shape index (κ3) is 3.46. The Hall–Kier alpha value is -2.34. The van der Waals surface area contributed by atoms with Crippen molar-refractivity contribution < 1.29 is 14.6 Å². The highest BCUT2D eigenvalue weighted by Crippen LogP contribution is 2.41. The Morgan fingerprint density at radius 2 is 1.59 bits per heavy atom. The van der Waals surface area contributed by atoms with E-state index in [2.05, 4.69) is 28.5 Å². The molecular formula is C22H23NO3S. The Morgan fingerprint density at radius 1 is 0.963 bits per heavy atom. The number of hydrogen-bond donors (Lipinski definition) is 1. The van der Waals surface area contributed by atoms with Gasteiger partial charge in [-0.1, -0.05) is 24.3 Å². The molecule has 1 N–H and O–H groups in total. The average molecular weight is 381 g/mol. The number of aliphatic hydroxyl groups is 1. The van der Waals surface area contributed by atoms with Crippen LogP contribution < -0.4 is 9.47 Å². The maximum Gasteiger partial charge on any atom is 0.134 e. The van der Waals surface area contributed by atoms with Gasteiger partial charge in [0.15, 0.2) is 0 Å². The molecule has 0 spiro atoms. The fraction of sp³-hybridized carbons (Fsp3) is 0.273. The lowest BCUT2D eigenvalue weighted by molar-refractivity contribution is -0.0222. The van der Waals surface area contributed by atoms with Crippen LogP contribution in [0.15, 0.2) is 60.0 Å². The molecule has 0 saturated heterocycles. The van der Waals surface area contributed by atoms with Gasteiger partial charge in [0.05, 0.1) is 20.3 Å². The van der Waals surface area contributed by atoms with Crippen molar-refractivity contribution >= 4 is 11.3 Å². The molecule has 2 atom stereocenters. The summed E-state index contributed by atoms with van der Waals surface area (Å²) in [5.74, 6) is 1.62. The number of fused-ring (bicyclic) bond motifs is 1. The van der Waals surface area contributed by atoms with Gasteiger partial charge in [-0.3, -0.25) is 4.90 Å². The van der Waals surface area contributed by atoms with Crippen LogP contribution in [0.2, 0.25) is 0 Å². The zero-order valence-corrected chi connectivity index (χ0v) is 16.3. The zero-order chi connectivity index (χ0) is 18.8. The van der Waals surface area contributed by atoms with Gasteiger partial charge in [0, 0.05) is 11.4 Å². The van der Waals surface area contributed by atoms with Gasteiger partial charge in [-0.2, -0.15) is 0 Å². The van der Waals surface area contributed by atoms with Crippen LogP contribution in [0.5, 0.6) is 11.5 Å². The summed E-state index contributed by atoms with van der Waals surface area (Å²) in [5.41, 5.74) is 3.31. The van der Waals surface area contributed by atoms with Crippen LogP contribution in [0.4, 0.5) is 0 Å². The van der Waals surface area contributed by atoms with Crippen molar-refractivity contribution in [1.29, 1.82) is 0 Å². The highest BCUT2D eigenvalue weighted by molar-refractivity contribution is 7.10. The van der Waals surface area contributed by atoms with Gasteiger partial charge in [-0.15, -0.1) is 11.3 Å². The largest absolute Gasteiger partial charge is 0.497 e. The van der Waals surface area contributed by atoms with Crippen molar-refractivity contribution in [3.8, 4) is 11.5 Å². The third-order valence-corrected chi connectivity index (χ3v) is 6.16. The molecule has 0 amide bonds. The van der Waals surface area contributed by atoms with Crippen molar-refractivity contribution in [2.24, 2.45) is 0 Å². The molecule has 0 saturated carbocycles. The van der Waals surface area contributed by atoms with E-state index in [1.165, 1.54) is 10.4 Å². The molecule has 27 heavy (non-hydrogen) atoms. The Bertz CT molecular complexity index is 889. The second kappa shape index (κ2) is 7.72. The minimum absolute atomic E-state index is 0.0167. The first-order valence-corrected chi connectivity index (χ1v) is 9.87. The molecule has 0 fully saturated rings. The van der Waals surface area contributed by atoms with E-state index in [1.807, 2.05) is 36.4 Å². The first kappa shape index (κ1) is 18.0. The van der Waals surface area contributed by atoms with Crippen LogP contribution in [-0.4, -0.2) is 30.8 Å². The standard InChI is InChI=1S/C22H23NO3S/c1-25-17-7-3-15(4-8-17)21-19-12-14-27-20(19)11-13-23(21)22(24)16-5-9-18(26-2)10-6-16/h3-10,12,14,21-22,24H,11,13H2,1-2H3. The molecule has 2 aromatic carbocycles. The maximum atomic E-state index is 11.2. The lowest BCUT2D eigenvalue weighted by atomic mass is 9.92. The fourth-order valence-electron chi connectivity index (χ4n) is 3.72. The van der Waals surface area contributed by atoms with Crippen molar-refractivity contribution in [1.82, 2.24) is 4.90 Å². The van der Waals surface area contributed by atoms with Crippen LogP contribution in [0.25, 0.3) is 0 Å². The second-order valence-electron chi connectivity index (χ2n) is 6.61. The lowest BCUT2D eigenvalue weighted by Gasteiger charge is -2.39. The van der Waals surface area contributed by atoms with E-state index in [4.69, 9.17) is 9.47 Å². The smallest absolute Gasteiger partial charge is 0.134 e. The average Bonchev–Trinajstić information content (AvgIpc) is 3.21. The van der Waals surface area contributed by atoms with Crippen molar-refractivity contribution in [2.75, 3.05) is 20.8 Å². The van der Waals surface area contributed by atoms with Crippen molar-refractivity contribution in [3.63, 3.8) is 0 Å². The summed E-state index contributed by atoms with van der Waals surface area (Å²) in [5, 5.41) is 13.3. The molecule has 0 bridgehead atoms. The highest BCUT2D eigenvalue weighted by Gasteiger charge is 2.34. The number of hydrogen-bond acceptors (Lipinski definition) is 5. The van der Waals surface area contributed by atoms with Crippen LogP contribution in [0.1, 0.15) is 33.8 Å². The van der Waals surface area contributed by atoms with Crippen LogP contribution in [0, 0.1) is 0 Å². The van der Waals surface area contributed by atoms with E-state index in [9.17, 15) is 5.11 Å². The van der Waals surface area contributed by atoms with E-state index in [0.717, 1.165) is 35.6 Å². The number of aliphatic hydroxyl groups excluding tert-OH is 1. The van der Waals surface area contributed by atoms with Crippen LogP contribution in [-0.2, 0) is 6.42 Å². The molecule has 2 heterocycles. The number of rotatable bonds is 5. The lowest BCUT2D eigenvalue weighted by Crippen LogP contribution is -2.38. The van der Waals surface area contributed by atoms with E-state index in [-0.39, 0.29) is 6.04 Å². The molecule has 0 radical (unpaired) electrons. The van der Waals surface area contributed by atoms with Crippen molar-refractivity contribution in [2.45, 2.75) is 18.7 Å². The molecular weight excluding hydrogens is 358 g/mol. The summed E-state index contributed by atoms with van der Waals surface area (Å²) < 4.78 is 10.5. The van der Waals surface area contributed by atoms with E-state index < -0.39 is 6.23 Å². The van der Waals surface area contributed by atoms with Gasteiger partial charge in [0.1, 0.15) is 17.7 Å². The topological polar surface area (TPSA) is 41.9 Å². The first-order chi connectivity index (χ1) is 13.2. The Morgan fingerprint density at radius 3 is 2.22 bits per heavy atom. The van der Waals surface area contributed by atoms with Gasteiger partial charge in [-0.25, -0.2) is 0 Å². The van der Waals surface area contributed by atoms with Crippen molar-refractivity contribution in [3.05, 3.63) is 81.5 Å². The summed E-state index contributed by atoms with van der Waals surface area (Å²) in [6.07, 6.45) is 0.267. The summed E-state index contributed by atoms with van der Waals surface area (Å²) in [6, 6.07) is 18.0. The van der Waals surface area contributed by atoms with Gasteiger partial charge in [0.25, 0.3) is 0 Å². The Labute approximate surface area is 163 Å². The minimum atomic E-state index is -0.684. The molecule has 5 heteroatoms. The van der Waals surface area contributed by atoms with Gasteiger partial charge in [-0.05, 0) is 58.8 Å². The maximum absolute atomic E-state index is 11.2. The molecule has 140 valence electrons. The molecule has 4 nitrogen and oxygen atoms in total. The van der Waals surface area contributed by atoms with Gasteiger partial charge < -0.3 is 14.6 Å². The zero-order valence-electron chi connectivity index (χ0n) is 15.5. The second-order valence-corrected chi connectivity index (χ2v) is 7.61. The van der Waals surface area contributed by atoms with Gasteiger partial charge >= 0.3 is 0 Å². The van der Waals surface area contributed by atoms with E-state index >= 15 is 0 Å². The van der Waals surface area contributed by atoms with Crippen LogP contribution in [0.3, 0.4) is 0 Å². The molecule has 2 unspecified atom stereocenters. The summed E-state index contributed by atoms with van der Waals surface area (Å²) >= 11 is 1.80. The third-order valence-electron chi connectivity index (χ3n) is 5.16. The predicted molar refractivity (Wildman–Crippen MR) is 108 cm³/mol. The molecule has 4 rings (SSSR count).